The molecule has 1 aliphatic heterocycles. The Labute approximate surface area is 122 Å². The molecule has 0 saturated carbocycles. The highest BCUT2D eigenvalue weighted by Gasteiger charge is 2.18. The Bertz CT molecular complexity index is 366. The van der Waals surface area contributed by atoms with Gasteiger partial charge in [-0.1, -0.05) is 30.3 Å². The van der Waals surface area contributed by atoms with E-state index in [9.17, 15) is 0 Å². The van der Waals surface area contributed by atoms with Crippen molar-refractivity contribution in [3.8, 4) is 0 Å². The average molecular weight is 278 g/mol. The lowest BCUT2D eigenvalue weighted by atomic mass is 10.1. The van der Waals surface area contributed by atoms with Crippen LogP contribution in [0.1, 0.15) is 18.5 Å². The quantitative estimate of drug-likeness (QED) is 0.823. The maximum absolute atomic E-state index is 5.40. The molecule has 1 aromatic rings. The minimum Gasteiger partial charge on any atom is -0.383 e. The molecule has 0 unspecified atom stereocenters. The van der Waals surface area contributed by atoms with Crippen LogP contribution in [0.4, 0.5) is 0 Å². The minimum atomic E-state index is 0.254. The molecule has 1 saturated heterocycles. The van der Waals surface area contributed by atoms with Crippen molar-refractivity contribution in [1.29, 1.82) is 0 Å². The van der Waals surface area contributed by atoms with Gasteiger partial charge in [-0.15, -0.1) is 0 Å². The van der Waals surface area contributed by atoms with Gasteiger partial charge in [0.1, 0.15) is 0 Å². The normalized spacial score (nSPS) is 19.7. The predicted octanol–water partition coefficient (Wildman–Crippen LogP) is 1.68. The standard InChI is InChI=1S/C16H26N2O2/c1-14(18-8-10-20-11-9-18)12-17-16(13-19-2)15-6-4-3-5-7-15/h3-7,14,16-17H,8-13H2,1-2H3/t14-,16-/m1/s1. The molecule has 1 aliphatic rings. The van der Waals surface area contributed by atoms with Gasteiger partial charge in [-0.25, -0.2) is 0 Å². The molecule has 1 N–H and O–H groups in total. The first kappa shape index (κ1) is 15.4. The minimum absolute atomic E-state index is 0.254. The number of nitrogens with zero attached hydrogens (tertiary/aromatic N) is 1. The summed E-state index contributed by atoms with van der Waals surface area (Å²) in [5.74, 6) is 0. The molecule has 20 heavy (non-hydrogen) atoms. The Morgan fingerprint density at radius 3 is 2.60 bits per heavy atom. The maximum Gasteiger partial charge on any atom is 0.0657 e. The smallest absolute Gasteiger partial charge is 0.0657 e. The van der Waals surface area contributed by atoms with Gasteiger partial charge < -0.3 is 14.8 Å². The lowest BCUT2D eigenvalue weighted by Crippen LogP contribution is -2.47. The lowest BCUT2D eigenvalue weighted by Gasteiger charge is -2.33. The van der Waals surface area contributed by atoms with Crippen LogP contribution >= 0.6 is 0 Å². The Morgan fingerprint density at radius 2 is 1.95 bits per heavy atom. The maximum atomic E-state index is 5.40. The number of benzene rings is 1. The van der Waals surface area contributed by atoms with Crippen LogP contribution in [-0.2, 0) is 9.47 Å². The van der Waals surface area contributed by atoms with Gasteiger partial charge in [0.05, 0.1) is 25.9 Å². The van der Waals surface area contributed by atoms with Crippen molar-refractivity contribution in [2.75, 3.05) is 46.6 Å². The second-order valence-electron chi connectivity index (χ2n) is 5.32. The van der Waals surface area contributed by atoms with E-state index >= 15 is 0 Å². The summed E-state index contributed by atoms with van der Waals surface area (Å²) in [7, 11) is 1.75. The monoisotopic (exact) mass is 278 g/mol. The Kier molecular flexibility index (Phi) is 6.47. The molecule has 112 valence electrons. The molecule has 0 aliphatic carbocycles. The van der Waals surface area contributed by atoms with Crippen molar-refractivity contribution < 1.29 is 9.47 Å². The Morgan fingerprint density at radius 1 is 1.25 bits per heavy atom. The van der Waals surface area contributed by atoms with E-state index in [1.165, 1.54) is 5.56 Å². The second-order valence-corrected chi connectivity index (χ2v) is 5.32. The zero-order valence-electron chi connectivity index (χ0n) is 12.5. The summed E-state index contributed by atoms with van der Waals surface area (Å²) in [6, 6.07) is 11.3. The van der Waals surface area contributed by atoms with Gasteiger partial charge in [-0.05, 0) is 12.5 Å². The number of ether oxygens (including phenoxy) is 2. The third kappa shape index (κ3) is 4.56. The van der Waals surface area contributed by atoms with Crippen LogP contribution in [0.2, 0.25) is 0 Å². The first-order valence-corrected chi connectivity index (χ1v) is 7.40. The molecule has 0 spiro atoms. The Hall–Kier alpha value is -0.940. The van der Waals surface area contributed by atoms with E-state index in [1.807, 2.05) is 6.07 Å². The van der Waals surface area contributed by atoms with Gasteiger partial charge in [0.25, 0.3) is 0 Å². The summed E-state index contributed by atoms with van der Waals surface area (Å²) in [5.41, 5.74) is 1.28. The van der Waals surface area contributed by atoms with Crippen LogP contribution in [-0.4, -0.2) is 57.5 Å². The van der Waals surface area contributed by atoms with Gasteiger partial charge in [0.15, 0.2) is 0 Å². The molecular weight excluding hydrogens is 252 g/mol. The molecule has 0 bridgehead atoms. The average Bonchev–Trinajstić information content (AvgIpc) is 2.53. The zero-order chi connectivity index (χ0) is 14.2. The fourth-order valence-electron chi connectivity index (χ4n) is 2.59. The van der Waals surface area contributed by atoms with Crippen molar-refractivity contribution in [3.05, 3.63) is 35.9 Å². The third-order valence-electron chi connectivity index (χ3n) is 3.86. The summed E-state index contributed by atoms with van der Waals surface area (Å²) in [6.45, 7) is 7.69. The van der Waals surface area contributed by atoms with Gasteiger partial charge in [0.2, 0.25) is 0 Å². The molecule has 4 nitrogen and oxygen atoms in total. The van der Waals surface area contributed by atoms with E-state index in [1.54, 1.807) is 7.11 Å². The van der Waals surface area contributed by atoms with Crippen LogP contribution in [0.25, 0.3) is 0 Å². The first-order valence-electron chi connectivity index (χ1n) is 7.40. The number of rotatable bonds is 7. The molecule has 1 heterocycles. The number of methoxy groups -OCH3 is 1. The number of hydrogen-bond acceptors (Lipinski definition) is 4. The van der Waals surface area contributed by atoms with Crippen molar-refractivity contribution in [2.24, 2.45) is 0 Å². The van der Waals surface area contributed by atoms with E-state index < -0.39 is 0 Å². The summed E-state index contributed by atoms with van der Waals surface area (Å²) in [5, 5.41) is 3.63. The Balaban J connectivity index is 1.85. The summed E-state index contributed by atoms with van der Waals surface area (Å²) < 4.78 is 10.7. The number of hydrogen-bond donors (Lipinski definition) is 1. The molecular formula is C16H26N2O2. The van der Waals surface area contributed by atoms with Crippen molar-refractivity contribution in [3.63, 3.8) is 0 Å². The highest BCUT2D eigenvalue weighted by atomic mass is 16.5. The summed E-state index contributed by atoms with van der Waals surface area (Å²) >= 11 is 0. The third-order valence-corrected chi connectivity index (χ3v) is 3.86. The van der Waals surface area contributed by atoms with Gasteiger partial charge in [0, 0.05) is 32.8 Å². The van der Waals surface area contributed by atoms with Crippen molar-refractivity contribution >= 4 is 0 Å². The first-order chi connectivity index (χ1) is 9.81. The summed E-state index contributed by atoms with van der Waals surface area (Å²) in [6.07, 6.45) is 0. The van der Waals surface area contributed by atoms with E-state index in [-0.39, 0.29) is 6.04 Å². The molecule has 0 aromatic heterocycles. The van der Waals surface area contributed by atoms with E-state index in [0.717, 1.165) is 32.8 Å². The highest BCUT2D eigenvalue weighted by Crippen LogP contribution is 2.13. The van der Waals surface area contributed by atoms with Gasteiger partial charge in [-0.2, -0.15) is 0 Å². The largest absolute Gasteiger partial charge is 0.383 e. The number of morpholine rings is 1. The molecule has 0 amide bonds. The number of nitrogens with one attached hydrogen (secondary N) is 1. The SMILES string of the molecule is COC[C@@H](NC[C@@H](C)N1CCOCC1)c1ccccc1. The molecule has 0 radical (unpaired) electrons. The second kappa shape index (κ2) is 8.37. The molecule has 4 heteroatoms. The fraction of sp³-hybridized carbons (Fsp3) is 0.625. The van der Waals surface area contributed by atoms with E-state index in [4.69, 9.17) is 9.47 Å². The van der Waals surface area contributed by atoms with Gasteiger partial charge >= 0.3 is 0 Å². The highest BCUT2D eigenvalue weighted by molar-refractivity contribution is 5.18. The molecule has 2 atom stereocenters. The van der Waals surface area contributed by atoms with Crippen LogP contribution in [0.5, 0.6) is 0 Å². The summed E-state index contributed by atoms with van der Waals surface area (Å²) in [4.78, 5) is 2.48. The van der Waals surface area contributed by atoms with Crippen LogP contribution in [0.15, 0.2) is 30.3 Å². The topological polar surface area (TPSA) is 33.7 Å². The van der Waals surface area contributed by atoms with Crippen molar-refractivity contribution in [1.82, 2.24) is 10.2 Å². The van der Waals surface area contributed by atoms with E-state index in [2.05, 4.69) is 41.4 Å². The fourth-order valence-corrected chi connectivity index (χ4v) is 2.59. The molecule has 1 fully saturated rings. The van der Waals surface area contributed by atoms with Gasteiger partial charge in [-0.3, -0.25) is 4.90 Å². The zero-order valence-corrected chi connectivity index (χ0v) is 12.5. The molecule has 2 rings (SSSR count). The van der Waals surface area contributed by atoms with Crippen LogP contribution in [0.3, 0.4) is 0 Å². The van der Waals surface area contributed by atoms with Crippen LogP contribution < -0.4 is 5.32 Å². The lowest BCUT2D eigenvalue weighted by molar-refractivity contribution is 0.0192. The van der Waals surface area contributed by atoms with Crippen molar-refractivity contribution in [2.45, 2.75) is 19.0 Å². The molecule has 1 aromatic carbocycles. The van der Waals surface area contributed by atoms with Crippen LogP contribution in [0, 0.1) is 0 Å². The predicted molar refractivity (Wildman–Crippen MR) is 80.9 cm³/mol. The van der Waals surface area contributed by atoms with E-state index in [0.29, 0.717) is 12.6 Å².